The van der Waals surface area contributed by atoms with E-state index in [9.17, 15) is 9.59 Å². The minimum atomic E-state index is -1.15. The van der Waals surface area contributed by atoms with Gasteiger partial charge in [0.15, 0.2) is 0 Å². The van der Waals surface area contributed by atoms with Crippen molar-refractivity contribution in [2.24, 2.45) is 0 Å². The molecule has 2 heterocycles. The van der Waals surface area contributed by atoms with Crippen LogP contribution in [0.1, 0.15) is 30.9 Å². The normalized spacial score (nSPS) is 18.9. The average Bonchev–Trinajstić information content (AvgIpc) is 3.27. The lowest BCUT2D eigenvalue weighted by Crippen LogP contribution is -2.40. The number of hydrogen-bond donors (Lipinski definition) is 1. The average molecular weight is 455 g/mol. The molecule has 1 aliphatic heterocycles. The van der Waals surface area contributed by atoms with Crippen LogP contribution in [0.25, 0.3) is 11.4 Å². The van der Waals surface area contributed by atoms with Gasteiger partial charge in [-0.15, -0.1) is 0 Å². The SMILES string of the molecule is CCc1ccc(-c2noc(CN3C(=O)NC(C)(c4cccc(Br)c4)C3=O)n2)cc1. The zero-order valence-electron chi connectivity index (χ0n) is 16.0. The maximum absolute atomic E-state index is 13.0. The molecular weight excluding hydrogens is 436 g/mol. The highest BCUT2D eigenvalue weighted by Crippen LogP contribution is 2.31. The lowest BCUT2D eigenvalue weighted by Gasteiger charge is -2.22. The topological polar surface area (TPSA) is 88.3 Å². The van der Waals surface area contributed by atoms with E-state index in [0.717, 1.165) is 21.4 Å². The number of hydrogen-bond acceptors (Lipinski definition) is 5. The van der Waals surface area contributed by atoms with Crippen LogP contribution in [-0.4, -0.2) is 27.0 Å². The van der Waals surface area contributed by atoms with E-state index in [4.69, 9.17) is 4.52 Å². The summed E-state index contributed by atoms with van der Waals surface area (Å²) < 4.78 is 6.11. The summed E-state index contributed by atoms with van der Waals surface area (Å²) in [7, 11) is 0. The van der Waals surface area contributed by atoms with E-state index in [-0.39, 0.29) is 18.3 Å². The van der Waals surface area contributed by atoms with E-state index in [1.54, 1.807) is 13.0 Å². The highest BCUT2D eigenvalue weighted by molar-refractivity contribution is 9.10. The van der Waals surface area contributed by atoms with Gasteiger partial charge < -0.3 is 9.84 Å². The van der Waals surface area contributed by atoms with E-state index in [2.05, 4.69) is 38.3 Å². The monoisotopic (exact) mass is 454 g/mol. The Morgan fingerprint density at radius 3 is 2.62 bits per heavy atom. The summed E-state index contributed by atoms with van der Waals surface area (Å²) in [6.45, 7) is 3.68. The molecule has 1 fully saturated rings. The molecule has 0 radical (unpaired) electrons. The first-order valence-electron chi connectivity index (χ1n) is 9.23. The van der Waals surface area contributed by atoms with Crippen molar-refractivity contribution in [1.82, 2.24) is 20.4 Å². The highest BCUT2D eigenvalue weighted by atomic mass is 79.9. The fraction of sp³-hybridized carbons (Fsp3) is 0.238. The maximum atomic E-state index is 13.0. The highest BCUT2D eigenvalue weighted by Gasteiger charge is 2.49. The first-order valence-corrected chi connectivity index (χ1v) is 10.0. The van der Waals surface area contributed by atoms with E-state index in [0.29, 0.717) is 11.4 Å². The van der Waals surface area contributed by atoms with Crippen LogP contribution in [0.2, 0.25) is 0 Å². The van der Waals surface area contributed by atoms with Crippen LogP contribution in [-0.2, 0) is 23.3 Å². The summed E-state index contributed by atoms with van der Waals surface area (Å²) in [5.41, 5.74) is 1.56. The number of rotatable bonds is 5. The zero-order valence-corrected chi connectivity index (χ0v) is 17.6. The third-order valence-electron chi connectivity index (χ3n) is 5.06. The van der Waals surface area contributed by atoms with Crippen LogP contribution in [0.5, 0.6) is 0 Å². The summed E-state index contributed by atoms with van der Waals surface area (Å²) in [5, 5.41) is 6.75. The molecule has 148 valence electrons. The number of carbonyl (C=O) groups excluding carboxylic acids is 2. The van der Waals surface area contributed by atoms with Crippen LogP contribution in [0.4, 0.5) is 4.79 Å². The molecule has 7 nitrogen and oxygen atoms in total. The summed E-state index contributed by atoms with van der Waals surface area (Å²) in [5.74, 6) is 0.249. The Morgan fingerprint density at radius 2 is 1.93 bits per heavy atom. The number of urea groups is 1. The fourth-order valence-electron chi connectivity index (χ4n) is 3.30. The summed E-state index contributed by atoms with van der Waals surface area (Å²) in [4.78, 5) is 31.0. The third-order valence-corrected chi connectivity index (χ3v) is 5.55. The molecule has 0 saturated carbocycles. The number of halogens is 1. The van der Waals surface area contributed by atoms with Crippen molar-refractivity contribution < 1.29 is 14.1 Å². The van der Waals surface area contributed by atoms with Gasteiger partial charge in [-0.05, 0) is 36.6 Å². The predicted octanol–water partition coefficient (Wildman–Crippen LogP) is 4.03. The molecule has 4 rings (SSSR count). The van der Waals surface area contributed by atoms with Gasteiger partial charge >= 0.3 is 6.03 Å². The third kappa shape index (κ3) is 3.55. The fourth-order valence-corrected chi connectivity index (χ4v) is 3.70. The molecule has 1 aromatic heterocycles. The van der Waals surface area contributed by atoms with Crippen LogP contribution in [0.3, 0.4) is 0 Å². The Labute approximate surface area is 176 Å². The summed E-state index contributed by atoms with van der Waals surface area (Å²) in [6, 6.07) is 14.7. The number of nitrogens with one attached hydrogen (secondary N) is 1. The number of aromatic nitrogens is 2. The standard InChI is InChI=1S/C21H19BrN4O3/c1-3-13-7-9-14(10-8-13)18-23-17(29-25-18)12-26-19(27)21(2,24-20(26)28)15-5-4-6-16(22)11-15/h4-11H,3,12H2,1-2H3,(H,24,28). The molecule has 8 heteroatoms. The van der Waals surface area contributed by atoms with Crippen molar-refractivity contribution in [1.29, 1.82) is 0 Å². The lowest BCUT2D eigenvalue weighted by molar-refractivity contribution is -0.131. The van der Waals surface area contributed by atoms with Gasteiger partial charge in [-0.2, -0.15) is 4.98 Å². The molecule has 2 aromatic carbocycles. The summed E-state index contributed by atoms with van der Waals surface area (Å²) in [6.07, 6.45) is 0.945. The van der Waals surface area contributed by atoms with E-state index in [1.807, 2.05) is 42.5 Å². The molecule has 0 bridgehead atoms. The van der Waals surface area contributed by atoms with Gasteiger partial charge in [0.2, 0.25) is 11.7 Å². The molecule has 0 aliphatic carbocycles. The number of aryl methyl sites for hydroxylation is 1. The van der Waals surface area contributed by atoms with Crippen LogP contribution < -0.4 is 5.32 Å². The Morgan fingerprint density at radius 1 is 1.17 bits per heavy atom. The minimum Gasteiger partial charge on any atom is -0.337 e. The van der Waals surface area contributed by atoms with Crippen molar-refractivity contribution in [2.75, 3.05) is 0 Å². The van der Waals surface area contributed by atoms with Crippen LogP contribution in [0, 0.1) is 0 Å². The van der Waals surface area contributed by atoms with Gasteiger partial charge in [0.1, 0.15) is 12.1 Å². The molecule has 1 unspecified atom stereocenters. The molecule has 29 heavy (non-hydrogen) atoms. The van der Waals surface area contributed by atoms with Gasteiger partial charge in [0.25, 0.3) is 5.91 Å². The summed E-state index contributed by atoms with van der Waals surface area (Å²) >= 11 is 3.40. The second-order valence-electron chi connectivity index (χ2n) is 7.02. The first-order chi connectivity index (χ1) is 13.9. The molecule has 3 amide bonds. The number of carbonyl (C=O) groups is 2. The molecular formula is C21H19BrN4O3. The number of imide groups is 1. The molecule has 3 aromatic rings. The molecule has 1 aliphatic rings. The second-order valence-corrected chi connectivity index (χ2v) is 7.93. The van der Waals surface area contributed by atoms with Crippen LogP contribution in [0.15, 0.2) is 57.5 Å². The number of nitrogens with zero attached hydrogens (tertiary/aromatic N) is 3. The lowest BCUT2D eigenvalue weighted by atomic mass is 9.92. The Bertz CT molecular complexity index is 1080. The number of benzene rings is 2. The van der Waals surface area contributed by atoms with Gasteiger partial charge in [-0.3, -0.25) is 9.69 Å². The smallest absolute Gasteiger partial charge is 0.325 e. The van der Waals surface area contributed by atoms with Crippen molar-refractivity contribution in [3.63, 3.8) is 0 Å². The second kappa shape index (κ2) is 7.44. The number of amides is 3. The van der Waals surface area contributed by atoms with Gasteiger partial charge in [0.05, 0.1) is 0 Å². The van der Waals surface area contributed by atoms with Crippen molar-refractivity contribution in [2.45, 2.75) is 32.4 Å². The van der Waals surface area contributed by atoms with Crippen molar-refractivity contribution >= 4 is 27.9 Å². The van der Waals surface area contributed by atoms with Crippen molar-refractivity contribution in [3.05, 3.63) is 70.0 Å². The molecule has 0 spiro atoms. The largest absolute Gasteiger partial charge is 0.337 e. The van der Waals surface area contributed by atoms with Crippen molar-refractivity contribution in [3.8, 4) is 11.4 Å². The molecule has 1 atom stereocenters. The minimum absolute atomic E-state index is 0.0890. The Kier molecular flexibility index (Phi) is 4.96. The molecule has 1 saturated heterocycles. The maximum Gasteiger partial charge on any atom is 0.325 e. The van der Waals surface area contributed by atoms with Gasteiger partial charge in [0, 0.05) is 10.0 Å². The Balaban J connectivity index is 1.55. The van der Waals surface area contributed by atoms with E-state index >= 15 is 0 Å². The van der Waals surface area contributed by atoms with Gasteiger partial charge in [-0.1, -0.05) is 64.4 Å². The zero-order chi connectivity index (χ0) is 20.6. The quantitative estimate of drug-likeness (QED) is 0.587. The van der Waals surface area contributed by atoms with E-state index < -0.39 is 11.6 Å². The first kappa shape index (κ1) is 19.3. The van der Waals surface area contributed by atoms with Gasteiger partial charge in [-0.25, -0.2) is 4.79 Å². The predicted molar refractivity (Wildman–Crippen MR) is 110 cm³/mol. The van der Waals surface area contributed by atoms with E-state index in [1.165, 1.54) is 5.56 Å². The Hall–Kier alpha value is -3.00. The molecule has 1 N–H and O–H groups in total. The van der Waals surface area contributed by atoms with Crippen LogP contribution >= 0.6 is 15.9 Å².